The van der Waals surface area contributed by atoms with Crippen LogP contribution in [0.15, 0.2) is 23.3 Å². The van der Waals surface area contributed by atoms with E-state index in [1.807, 2.05) is 19.9 Å². The van der Waals surface area contributed by atoms with Gasteiger partial charge in [-0.05, 0) is 31.9 Å². The summed E-state index contributed by atoms with van der Waals surface area (Å²) in [6.45, 7) is 5.88. The largest absolute Gasteiger partial charge is 0.344 e. The number of fused-ring (bicyclic) bond motifs is 1. The molecule has 1 aliphatic carbocycles. The van der Waals surface area contributed by atoms with Crippen LogP contribution in [0.3, 0.4) is 0 Å². The van der Waals surface area contributed by atoms with Gasteiger partial charge in [0, 0.05) is 12.0 Å². The van der Waals surface area contributed by atoms with Crippen LogP contribution >= 0.6 is 0 Å². The highest BCUT2D eigenvalue weighted by Crippen LogP contribution is 2.37. The summed E-state index contributed by atoms with van der Waals surface area (Å²) in [7, 11) is 0. The Hall–Kier alpha value is -0.930. The summed E-state index contributed by atoms with van der Waals surface area (Å²) in [4.78, 5) is 11.0. The zero-order chi connectivity index (χ0) is 11.8. The van der Waals surface area contributed by atoms with Crippen molar-refractivity contribution in [3.05, 3.63) is 23.3 Å². The van der Waals surface area contributed by atoms with Crippen molar-refractivity contribution in [1.82, 2.24) is 0 Å². The van der Waals surface area contributed by atoms with Gasteiger partial charge in [0.05, 0.1) is 6.10 Å². The van der Waals surface area contributed by atoms with E-state index in [0.29, 0.717) is 0 Å². The van der Waals surface area contributed by atoms with E-state index in [1.54, 1.807) is 0 Å². The number of aldehydes is 1. The fraction of sp³-hybridized carbons (Fsp3) is 0.615. The number of hydrogen-bond donors (Lipinski definition) is 0. The summed E-state index contributed by atoms with van der Waals surface area (Å²) in [5.41, 5.74) is 1.84. The van der Waals surface area contributed by atoms with Crippen LogP contribution in [0.4, 0.5) is 0 Å². The summed E-state index contributed by atoms with van der Waals surface area (Å²) in [5.74, 6) is -0.540. The zero-order valence-electron chi connectivity index (χ0n) is 10.0. The number of hydrogen-bond acceptors (Lipinski definition) is 3. The summed E-state index contributed by atoms with van der Waals surface area (Å²) in [6.07, 6.45) is 6.56. The third-order valence-corrected chi connectivity index (χ3v) is 2.93. The molecule has 2 aliphatic rings. The van der Waals surface area contributed by atoms with Crippen LogP contribution in [0.5, 0.6) is 0 Å². The third kappa shape index (κ3) is 2.11. The Morgan fingerprint density at radius 3 is 2.88 bits per heavy atom. The van der Waals surface area contributed by atoms with Crippen molar-refractivity contribution in [2.75, 3.05) is 0 Å². The minimum atomic E-state index is -0.540. The molecule has 0 bridgehead atoms. The highest BCUT2D eigenvalue weighted by molar-refractivity contribution is 5.81. The molecule has 0 N–H and O–H groups in total. The molecule has 3 heteroatoms. The molecule has 1 saturated heterocycles. The Labute approximate surface area is 96.1 Å². The van der Waals surface area contributed by atoms with Crippen LogP contribution < -0.4 is 0 Å². The Morgan fingerprint density at radius 1 is 1.50 bits per heavy atom. The van der Waals surface area contributed by atoms with Gasteiger partial charge in [0.1, 0.15) is 12.4 Å². The SMILES string of the molecule is CC/C=C1\C[C@H]2OC(C)(C)O[C@H]2C=C1C=O. The second-order valence-corrected chi connectivity index (χ2v) is 4.72. The summed E-state index contributed by atoms with van der Waals surface area (Å²) < 4.78 is 11.5. The molecule has 88 valence electrons. The van der Waals surface area contributed by atoms with Crippen LogP contribution in [0.2, 0.25) is 0 Å². The van der Waals surface area contributed by atoms with Crippen LogP contribution in [0.25, 0.3) is 0 Å². The van der Waals surface area contributed by atoms with Gasteiger partial charge in [-0.15, -0.1) is 0 Å². The van der Waals surface area contributed by atoms with Gasteiger partial charge in [-0.1, -0.05) is 13.0 Å². The first-order chi connectivity index (χ1) is 7.55. The first-order valence-electron chi connectivity index (χ1n) is 5.78. The quantitative estimate of drug-likeness (QED) is 0.673. The van der Waals surface area contributed by atoms with Gasteiger partial charge in [0.25, 0.3) is 0 Å². The molecule has 2 rings (SSSR count). The predicted octanol–water partition coefficient (Wildman–Crippen LogP) is 2.37. The van der Waals surface area contributed by atoms with Gasteiger partial charge in [0.15, 0.2) is 5.79 Å². The van der Waals surface area contributed by atoms with Gasteiger partial charge in [-0.2, -0.15) is 0 Å². The lowest BCUT2D eigenvalue weighted by Crippen LogP contribution is -2.26. The molecule has 0 unspecified atom stereocenters. The maximum atomic E-state index is 11.0. The lowest BCUT2D eigenvalue weighted by atomic mass is 9.90. The molecular weight excluding hydrogens is 204 g/mol. The van der Waals surface area contributed by atoms with Crippen molar-refractivity contribution in [2.24, 2.45) is 0 Å². The van der Waals surface area contributed by atoms with E-state index < -0.39 is 5.79 Å². The molecule has 0 aromatic heterocycles. The summed E-state index contributed by atoms with van der Waals surface area (Å²) >= 11 is 0. The fourth-order valence-electron chi connectivity index (χ4n) is 2.34. The second kappa shape index (κ2) is 4.15. The van der Waals surface area contributed by atoms with E-state index in [9.17, 15) is 4.79 Å². The molecule has 2 atom stereocenters. The molecule has 1 fully saturated rings. The zero-order valence-corrected chi connectivity index (χ0v) is 10.0. The van der Waals surface area contributed by atoms with Gasteiger partial charge < -0.3 is 9.47 Å². The van der Waals surface area contributed by atoms with Gasteiger partial charge in [0.2, 0.25) is 0 Å². The highest BCUT2D eigenvalue weighted by atomic mass is 16.7. The van der Waals surface area contributed by atoms with Gasteiger partial charge >= 0.3 is 0 Å². The molecule has 1 heterocycles. The minimum Gasteiger partial charge on any atom is -0.344 e. The number of allylic oxidation sites excluding steroid dienone is 2. The third-order valence-electron chi connectivity index (χ3n) is 2.93. The lowest BCUT2D eigenvalue weighted by Gasteiger charge is -2.22. The first kappa shape index (κ1) is 11.6. The van der Waals surface area contributed by atoms with Crippen LogP contribution in [0.1, 0.15) is 33.6 Å². The molecule has 0 saturated carbocycles. The van der Waals surface area contributed by atoms with Crippen LogP contribution in [0, 0.1) is 0 Å². The van der Waals surface area contributed by atoms with Crippen molar-refractivity contribution in [2.45, 2.75) is 51.6 Å². The average molecular weight is 222 g/mol. The molecule has 16 heavy (non-hydrogen) atoms. The number of ether oxygens (including phenoxy) is 2. The maximum Gasteiger partial charge on any atom is 0.164 e. The van der Waals surface area contributed by atoms with E-state index in [1.165, 1.54) is 0 Å². The van der Waals surface area contributed by atoms with Gasteiger partial charge in [-0.3, -0.25) is 4.79 Å². The Morgan fingerprint density at radius 2 is 2.25 bits per heavy atom. The predicted molar refractivity (Wildman–Crippen MR) is 61.0 cm³/mol. The molecule has 0 amide bonds. The Balaban J connectivity index is 2.26. The molecule has 0 aromatic rings. The lowest BCUT2D eigenvalue weighted by molar-refractivity contribution is -0.142. The molecule has 0 spiro atoms. The maximum absolute atomic E-state index is 11.0. The minimum absolute atomic E-state index is 0.0523. The molecule has 1 aliphatic heterocycles. The Kier molecular flexibility index (Phi) is 3.00. The highest BCUT2D eigenvalue weighted by Gasteiger charge is 2.42. The Bertz CT molecular complexity index is 352. The molecule has 3 nitrogen and oxygen atoms in total. The first-order valence-corrected chi connectivity index (χ1v) is 5.78. The van der Waals surface area contributed by atoms with Crippen molar-refractivity contribution in [3.63, 3.8) is 0 Å². The molecule has 0 aromatic carbocycles. The number of rotatable bonds is 2. The smallest absolute Gasteiger partial charge is 0.164 e. The van der Waals surface area contributed by atoms with E-state index in [0.717, 1.165) is 30.3 Å². The van der Waals surface area contributed by atoms with Crippen molar-refractivity contribution in [1.29, 1.82) is 0 Å². The standard InChI is InChI=1S/C13H18O3/c1-4-5-9-6-11-12(7-10(9)8-14)16-13(2,3)15-11/h5,7-8,11-12H,4,6H2,1-3H3/b9-5+/t11-,12+/m1/s1. The summed E-state index contributed by atoms with van der Waals surface area (Å²) in [6, 6.07) is 0. The van der Waals surface area contributed by atoms with Crippen LogP contribution in [-0.2, 0) is 14.3 Å². The monoisotopic (exact) mass is 222 g/mol. The number of carbonyl (C=O) groups excluding carboxylic acids is 1. The normalized spacial score (nSPS) is 34.7. The van der Waals surface area contributed by atoms with Gasteiger partial charge in [-0.25, -0.2) is 0 Å². The van der Waals surface area contributed by atoms with E-state index in [2.05, 4.69) is 13.0 Å². The molecule has 0 radical (unpaired) electrons. The van der Waals surface area contributed by atoms with Crippen molar-refractivity contribution < 1.29 is 14.3 Å². The number of carbonyl (C=O) groups is 1. The molecular formula is C13H18O3. The fourth-order valence-corrected chi connectivity index (χ4v) is 2.34. The van der Waals surface area contributed by atoms with Crippen molar-refractivity contribution >= 4 is 6.29 Å². The van der Waals surface area contributed by atoms with Crippen molar-refractivity contribution in [3.8, 4) is 0 Å². The second-order valence-electron chi connectivity index (χ2n) is 4.72. The van der Waals surface area contributed by atoms with E-state index in [-0.39, 0.29) is 12.2 Å². The summed E-state index contributed by atoms with van der Waals surface area (Å²) in [5, 5.41) is 0. The average Bonchev–Trinajstić information content (AvgIpc) is 2.50. The van der Waals surface area contributed by atoms with E-state index >= 15 is 0 Å². The van der Waals surface area contributed by atoms with Crippen LogP contribution in [-0.4, -0.2) is 24.3 Å². The topological polar surface area (TPSA) is 35.5 Å². The van der Waals surface area contributed by atoms with E-state index in [4.69, 9.17) is 9.47 Å².